The van der Waals surface area contributed by atoms with Gasteiger partial charge in [0.25, 0.3) is 5.91 Å². The number of fused-ring (bicyclic) bond motifs is 1. The fourth-order valence-corrected chi connectivity index (χ4v) is 4.83. The maximum atomic E-state index is 13.1. The third-order valence-corrected chi connectivity index (χ3v) is 7.15. The van der Waals surface area contributed by atoms with Gasteiger partial charge < -0.3 is 25.2 Å². The third kappa shape index (κ3) is 5.03. The van der Waals surface area contributed by atoms with Crippen LogP contribution in [0.2, 0.25) is 0 Å². The summed E-state index contributed by atoms with van der Waals surface area (Å²) in [6.07, 6.45) is 3.10. The first kappa shape index (κ1) is 24.5. The van der Waals surface area contributed by atoms with Crippen molar-refractivity contribution in [3.63, 3.8) is 0 Å². The van der Waals surface area contributed by atoms with Crippen molar-refractivity contribution in [1.82, 2.24) is 15.1 Å². The van der Waals surface area contributed by atoms with E-state index in [4.69, 9.17) is 9.47 Å². The van der Waals surface area contributed by atoms with Crippen LogP contribution >= 0.6 is 0 Å². The zero-order chi connectivity index (χ0) is 26.9. The molecule has 0 unspecified atom stereocenters. The number of carbonyl (C=O) groups excluding carboxylic acids is 2. The number of carbonyl (C=O) groups is 2. The summed E-state index contributed by atoms with van der Waals surface area (Å²) < 4.78 is 12.1. The van der Waals surface area contributed by atoms with Crippen LogP contribution in [0.4, 0.5) is 10.5 Å². The molecule has 0 spiro atoms. The quantitative estimate of drug-likeness (QED) is 0.304. The van der Waals surface area contributed by atoms with Gasteiger partial charge in [-0.25, -0.2) is 4.79 Å². The number of phenols is 1. The molecule has 0 saturated heterocycles. The van der Waals surface area contributed by atoms with Crippen LogP contribution in [-0.4, -0.2) is 33.6 Å². The Balaban J connectivity index is 1.20. The van der Waals surface area contributed by atoms with Gasteiger partial charge in [-0.3, -0.25) is 4.79 Å². The molecule has 2 aliphatic rings. The lowest BCUT2D eigenvalue weighted by atomic mass is 9.82. The van der Waals surface area contributed by atoms with Gasteiger partial charge >= 0.3 is 6.03 Å². The van der Waals surface area contributed by atoms with Crippen molar-refractivity contribution in [2.45, 2.75) is 38.6 Å². The molecule has 1 aliphatic heterocycles. The Kier molecular flexibility index (Phi) is 6.40. The number of anilines is 1. The largest absolute Gasteiger partial charge is 0.507 e. The van der Waals surface area contributed by atoms with Crippen molar-refractivity contribution in [2.75, 3.05) is 12.1 Å². The van der Waals surface area contributed by atoms with Crippen LogP contribution < -0.4 is 20.1 Å². The number of aryl methyl sites for hydroxylation is 1. The van der Waals surface area contributed by atoms with E-state index in [9.17, 15) is 14.7 Å². The summed E-state index contributed by atoms with van der Waals surface area (Å²) in [5, 5.41) is 21.2. The van der Waals surface area contributed by atoms with Crippen LogP contribution in [0.25, 0.3) is 11.3 Å². The molecule has 0 radical (unpaired) electrons. The van der Waals surface area contributed by atoms with Crippen LogP contribution in [0.5, 0.6) is 17.2 Å². The highest BCUT2D eigenvalue weighted by atomic mass is 16.7. The lowest BCUT2D eigenvalue weighted by Crippen LogP contribution is -2.31. The molecule has 9 heteroatoms. The zero-order valence-electron chi connectivity index (χ0n) is 21.4. The van der Waals surface area contributed by atoms with Gasteiger partial charge in [0.15, 0.2) is 11.5 Å². The van der Waals surface area contributed by atoms with E-state index in [1.165, 1.54) is 10.7 Å². The van der Waals surface area contributed by atoms with E-state index in [1.54, 1.807) is 30.3 Å². The average molecular weight is 525 g/mol. The van der Waals surface area contributed by atoms with E-state index in [1.807, 2.05) is 37.3 Å². The van der Waals surface area contributed by atoms with Gasteiger partial charge in [-0.05, 0) is 61.7 Å². The Morgan fingerprint density at radius 1 is 1.03 bits per heavy atom. The number of hydrogen-bond acceptors (Lipinski definition) is 6. The number of nitrogens with one attached hydrogen (secondary N) is 2. The van der Waals surface area contributed by atoms with E-state index < -0.39 is 0 Å². The summed E-state index contributed by atoms with van der Waals surface area (Å²) in [7, 11) is 0. The molecule has 2 amide bonds. The molecule has 1 aliphatic carbocycles. The van der Waals surface area contributed by atoms with Crippen LogP contribution in [-0.2, 0) is 6.54 Å². The molecule has 1 fully saturated rings. The number of benzene rings is 3. The summed E-state index contributed by atoms with van der Waals surface area (Å²) in [5.74, 6) is 0.962. The highest BCUT2D eigenvalue weighted by Gasteiger charge is 2.27. The number of ether oxygens (including phenoxy) is 2. The van der Waals surface area contributed by atoms with Gasteiger partial charge in [0.05, 0.1) is 11.4 Å². The number of hydrogen-bond donors (Lipinski definition) is 3. The number of nitrogens with zero attached hydrogens (tertiary/aromatic N) is 2. The molecule has 1 saturated carbocycles. The molecule has 39 heavy (non-hydrogen) atoms. The number of rotatable bonds is 6. The first-order chi connectivity index (χ1) is 18.9. The summed E-state index contributed by atoms with van der Waals surface area (Å²) in [4.78, 5) is 25.9. The van der Waals surface area contributed by atoms with E-state index in [0.717, 1.165) is 36.1 Å². The molecule has 9 nitrogen and oxygen atoms in total. The zero-order valence-corrected chi connectivity index (χ0v) is 21.4. The summed E-state index contributed by atoms with van der Waals surface area (Å²) in [6, 6.07) is 19.4. The second kappa shape index (κ2) is 10.2. The SMILES string of the molecule is Cc1cccc(CNC(=O)n2nc(-c3ccc(NC(=O)c4ccc5c(c4)OCO5)cc3O)cc2C2CCC2)c1. The Morgan fingerprint density at radius 3 is 2.64 bits per heavy atom. The van der Waals surface area contributed by atoms with Gasteiger partial charge in [-0.15, -0.1) is 0 Å². The monoisotopic (exact) mass is 524 g/mol. The second-order valence-electron chi connectivity index (χ2n) is 9.90. The Labute approximate surface area is 225 Å². The van der Waals surface area contributed by atoms with Crippen LogP contribution in [0, 0.1) is 6.92 Å². The van der Waals surface area contributed by atoms with E-state index >= 15 is 0 Å². The maximum Gasteiger partial charge on any atom is 0.342 e. The van der Waals surface area contributed by atoms with Gasteiger partial charge in [-0.2, -0.15) is 9.78 Å². The molecule has 6 rings (SSSR count). The third-order valence-electron chi connectivity index (χ3n) is 7.15. The van der Waals surface area contributed by atoms with Crippen molar-refractivity contribution < 1.29 is 24.2 Å². The summed E-state index contributed by atoms with van der Waals surface area (Å²) in [5.41, 5.74) is 4.77. The summed E-state index contributed by atoms with van der Waals surface area (Å²) in [6.45, 7) is 2.53. The minimum absolute atomic E-state index is 0.0523. The molecule has 3 N–H and O–H groups in total. The predicted octanol–water partition coefficient (Wildman–Crippen LogP) is 5.57. The van der Waals surface area contributed by atoms with Crippen LogP contribution in [0.15, 0.2) is 66.7 Å². The topological polar surface area (TPSA) is 115 Å². The Bertz CT molecular complexity index is 1570. The van der Waals surface area contributed by atoms with Crippen molar-refractivity contribution in [1.29, 1.82) is 0 Å². The Hall–Kier alpha value is -4.79. The van der Waals surface area contributed by atoms with Crippen molar-refractivity contribution >= 4 is 17.6 Å². The molecule has 1 aromatic heterocycles. The maximum absolute atomic E-state index is 13.1. The van der Waals surface area contributed by atoms with Gasteiger partial charge in [0, 0.05) is 35.3 Å². The van der Waals surface area contributed by atoms with Crippen LogP contribution in [0.3, 0.4) is 0 Å². The fourth-order valence-electron chi connectivity index (χ4n) is 4.83. The first-order valence-corrected chi connectivity index (χ1v) is 12.9. The van der Waals surface area contributed by atoms with E-state index in [0.29, 0.717) is 40.6 Å². The average Bonchev–Trinajstić information content (AvgIpc) is 3.53. The minimum atomic E-state index is -0.345. The van der Waals surface area contributed by atoms with Crippen LogP contribution in [0.1, 0.15) is 52.4 Å². The lowest BCUT2D eigenvalue weighted by Gasteiger charge is -2.25. The molecule has 0 atom stereocenters. The normalized spacial score (nSPS) is 14.1. The van der Waals surface area contributed by atoms with Gasteiger partial charge in [0.2, 0.25) is 6.79 Å². The lowest BCUT2D eigenvalue weighted by molar-refractivity contribution is 0.102. The number of amides is 2. The van der Waals surface area contributed by atoms with Gasteiger partial charge in [0.1, 0.15) is 5.75 Å². The highest BCUT2D eigenvalue weighted by molar-refractivity contribution is 6.05. The van der Waals surface area contributed by atoms with Gasteiger partial charge in [-0.1, -0.05) is 36.2 Å². The highest BCUT2D eigenvalue weighted by Crippen LogP contribution is 2.39. The smallest absolute Gasteiger partial charge is 0.342 e. The fraction of sp³-hybridized carbons (Fsp3) is 0.233. The second-order valence-corrected chi connectivity index (χ2v) is 9.90. The molecule has 3 aromatic carbocycles. The molecule has 0 bridgehead atoms. The first-order valence-electron chi connectivity index (χ1n) is 12.9. The number of phenolic OH excluding ortho intramolecular Hbond substituents is 1. The minimum Gasteiger partial charge on any atom is -0.507 e. The standard InChI is InChI=1S/C30H28N4O5/c1-18-4-2-5-19(12-18)16-31-30(37)34-25(20-6-3-7-20)15-24(33-34)23-10-9-22(14-26(23)35)32-29(36)21-8-11-27-28(13-21)39-17-38-27/h2,4-5,8-15,20,35H,3,6-7,16-17H2,1H3,(H,31,37)(H,32,36). The number of aromatic hydroxyl groups is 1. The van der Waals surface area contributed by atoms with Crippen molar-refractivity contribution in [2.24, 2.45) is 0 Å². The molecule has 198 valence electrons. The van der Waals surface area contributed by atoms with E-state index in [-0.39, 0.29) is 30.4 Å². The molecular weight excluding hydrogens is 496 g/mol. The van der Waals surface area contributed by atoms with E-state index in [2.05, 4.69) is 15.7 Å². The molecule has 2 heterocycles. The molecular formula is C30H28N4O5. The predicted molar refractivity (Wildman–Crippen MR) is 145 cm³/mol. The van der Waals surface area contributed by atoms with Crippen molar-refractivity contribution in [3.8, 4) is 28.5 Å². The number of aromatic nitrogens is 2. The summed E-state index contributed by atoms with van der Waals surface area (Å²) >= 11 is 0. The van der Waals surface area contributed by atoms with Crippen molar-refractivity contribution in [3.05, 3.63) is 89.1 Å². The molecule has 4 aromatic rings. The Morgan fingerprint density at radius 2 is 1.87 bits per heavy atom.